The summed E-state index contributed by atoms with van der Waals surface area (Å²) in [4.78, 5) is 6.76. The molecule has 0 unspecified atom stereocenters. The van der Waals surface area contributed by atoms with E-state index in [0.717, 1.165) is 5.46 Å². The Labute approximate surface area is 248 Å². The molecular weight excluding hydrogens is 539 g/mol. The van der Waals surface area contributed by atoms with Crippen LogP contribution >= 0.6 is 0 Å². The van der Waals surface area contributed by atoms with Crippen molar-refractivity contribution in [1.82, 2.24) is 0 Å². The van der Waals surface area contributed by atoms with Crippen LogP contribution in [0.2, 0.25) is 0 Å². The average Bonchev–Trinajstić information content (AvgIpc) is 3.05. The van der Waals surface area contributed by atoms with E-state index < -0.39 is 7.12 Å². The number of hydrogen-bond acceptors (Lipinski definition) is 6. The lowest BCUT2D eigenvalue weighted by atomic mass is 9.78. The van der Waals surface area contributed by atoms with Crippen LogP contribution in [0.3, 0.4) is 0 Å². The average molecular weight is 558 g/mol. The molecular formula is C34H19BN4O4. The Morgan fingerprint density at radius 1 is 0.512 bits per heavy atom. The van der Waals surface area contributed by atoms with E-state index in [1.54, 1.807) is 66.7 Å². The van der Waals surface area contributed by atoms with Crippen molar-refractivity contribution in [2.24, 2.45) is 0 Å². The van der Waals surface area contributed by atoms with Crippen LogP contribution in [0, 0.1) is 35.8 Å². The molecule has 0 aliphatic rings. The van der Waals surface area contributed by atoms with Crippen LogP contribution in [0.25, 0.3) is 9.69 Å². The van der Waals surface area contributed by atoms with Crippen LogP contribution in [0.4, 0.5) is 11.4 Å². The smallest absolute Gasteiger partial charge is 0.522 e. The molecule has 43 heavy (non-hydrogen) atoms. The van der Waals surface area contributed by atoms with Gasteiger partial charge in [0.1, 0.15) is 46.6 Å². The van der Waals surface area contributed by atoms with Crippen molar-refractivity contribution >= 4 is 24.0 Å². The zero-order chi connectivity index (χ0) is 30.0. The van der Waals surface area contributed by atoms with Gasteiger partial charge in [-0.15, -0.1) is 0 Å². The summed E-state index contributed by atoms with van der Waals surface area (Å²) in [6, 6.07) is 36.8. The first-order chi connectivity index (χ1) is 21.1. The highest BCUT2D eigenvalue weighted by Crippen LogP contribution is 2.35. The third-order valence-corrected chi connectivity index (χ3v) is 6.06. The van der Waals surface area contributed by atoms with E-state index in [1.165, 1.54) is 18.2 Å². The highest BCUT2D eigenvalue weighted by Gasteiger charge is 2.26. The van der Waals surface area contributed by atoms with Crippen molar-refractivity contribution in [3.8, 4) is 46.6 Å². The summed E-state index contributed by atoms with van der Waals surface area (Å²) in [7, 11) is -0.835. The molecule has 0 radical (unpaired) electrons. The van der Waals surface area contributed by atoms with Crippen molar-refractivity contribution in [1.29, 1.82) is 10.5 Å². The number of benzene rings is 5. The number of rotatable bonds is 9. The van der Waals surface area contributed by atoms with E-state index >= 15 is 0 Å². The predicted octanol–water partition coefficient (Wildman–Crippen LogP) is 7.97. The van der Waals surface area contributed by atoms with Crippen LogP contribution in [-0.2, 0) is 0 Å². The van der Waals surface area contributed by atoms with E-state index in [1.807, 2.05) is 42.5 Å². The Balaban J connectivity index is 1.36. The molecule has 5 rings (SSSR count). The minimum Gasteiger partial charge on any atom is -0.522 e. The summed E-state index contributed by atoms with van der Waals surface area (Å²) in [5, 5.41) is 18.5. The van der Waals surface area contributed by atoms with E-state index in [4.69, 9.17) is 31.9 Å². The molecule has 0 saturated heterocycles. The lowest BCUT2D eigenvalue weighted by Crippen LogP contribution is -2.42. The summed E-state index contributed by atoms with van der Waals surface area (Å²) >= 11 is 0. The fraction of sp³-hybridized carbons (Fsp3) is 0. The van der Waals surface area contributed by atoms with Gasteiger partial charge in [-0.05, 0) is 54.6 Å². The number of nitriles is 2. The summed E-state index contributed by atoms with van der Waals surface area (Å²) in [6.07, 6.45) is 0. The van der Waals surface area contributed by atoms with E-state index in [2.05, 4.69) is 9.69 Å². The molecule has 5 aromatic rings. The van der Waals surface area contributed by atoms with Gasteiger partial charge in [0.05, 0.1) is 24.3 Å². The SMILES string of the molecule is [C-]#[N+]c1ccc(Oc2cccc(OB(Oc3cccc(Oc4ccc(C#N)c(C#N)c4)c3)c3ccccc3)c2)cc1[N+]#[C-]. The summed E-state index contributed by atoms with van der Waals surface area (Å²) in [5.74, 6) is 2.73. The zero-order valence-corrected chi connectivity index (χ0v) is 22.5. The summed E-state index contributed by atoms with van der Waals surface area (Å²) in [5.41, 5.74) is 1.75. The Morgan fingerprint density at radius 2 is 1.05 bits per heavy atom. The normalized spacial score (nSPS) is 9.77. The molecule has 0 spiro atoms. The van der Waals surface area contributed by atoms with Gasteiger partial charge in [-0.1, -0.05) is 48.5 Å². The van der Waals surface area contributed by atoms with Gasteiger partial charge in [-0.2, -0.15) is 10.5 Å². The second kappa shape index (κ2) is 13.1. The third-order valence-electron chi connectivity index (χ3n) is 6.06. The molecule has 0 bridgehead atoms. The van der Waals surface area contributed by atoms with E-state index in [0.29, 0.717) is 34.5 Å². The van der Waals surface area contributed by atoms with Crippen LogP contribution in [0.5, 0.6) is 34.5 Å². The molecule has 5 aromatic carbocycles. The van der Waals surface area contributed by atoms with Crippen molar-refractivity contribution in [3.63, 3.8) is 0 Å². The first-order valence-corrected chi connectivity index (χ1v) is 12.9. The van der Waals surface area contributed by atoms with Crippen LogP contribution < -0.4 is 24.2 Å². The Morgan fingerprint density at radius 3 is 1.63 bits per heavy atom. The number of ether oxygens (including phenoxy) is 2. The second-order valence-corrected chi connectivity index (χ2v) is 8.94. The zero-order valence-electron chi connectivity index (χ0n) is 22.5. The standard InChI is InChI=1S/C34H19BN4O4/c1-38-33-17-16-30(21-34(33)39-2)41-28-11-7-13-32(20-28)43-35(26-8-4-3-5-9-26)42-31-12-6-10-27(19-31)40-29-15-14-24(22-36)25(18-29)23-37/h3-21H. The van der Waals surface area contributed by atoms with Gasteiger partial charge in [0.25, 0.3) is 0 Å². The fourth-order valence-corrected chi connectivity index (χ4v) is 4.04. The van der Waals surface area contributed by atoms with Gasteiger partial charge in [-0.25, -0.2) is 4.85 Å². The molecule has 0 heterocycles. The molecule has 0 aromatic heterocycles. The molecule has 0 amide bonds. The Bertz CT molecular complexity index is 1830. The summed E-state index contributed by atoms with van der Waals surface area (Å²) in [6.45, 7) is 14.5. The van der Waals surface area contributed by atoms with Gasteiger partial charge in [0.2, 0.25) is 0 Å². The first-order valence-electron chi connectivity index (χ1n) is 12.9. The summed E-state index contributed by atoms with van der Waals surface area (Å²) < 4.78 is 24.4. The maximum atomic E-state index is 9.33. The third kappa shape index (κ3) is 6.91. The highest BCUT2D eigenvalue weighted by atomic mass is 16.6. The molecule has 0 aliphatic heterocycles. The van der Waals surface area contributed by atoms with Gasteiger partial charge < -0.3 is 18.8 Å². The number of nitrogens with zero attached hydrogens (tertiary/aromatic N) is 4. The van der Waals surface area contributed by atoms with Crippen molar-refractivity contribution < 1.29 is 18.8 Å². The van der Waals surface area contributed by atoms with Crippen LogP contribution in [0.15, 0.2) is 115 Å². The number of hydrogen-bond donors (Lipinski definition) is 0. The van der Waals surface area contributed by atoms with Crippen molar-refractivity contribution in [3.05, 3.63) is 149 Å². The Kier molecular flexibility index (Phi) is 8.50. The minimum absolute atomic E-state index is 0.216. The molecule has 9 heteroatoms. The first kappa shape index (κ1) is 27.9. The lowest BCUT2D eigenvalue weighted by molar-refractivity contribution is 0.430. The largest absolute Gasteiger partial charge is 0.632 e. The maximum absolute atomic E-state index is 9.33. The molecule has 0 atom stereocenters. The van der Waals surface area contributed by atoms with Gasteiger partial charge >= 0.3 is 7.12 Å². The van der Waals surface area contributed by atoms with Crippen LogP contribution in [0.1, 0.15) is 11.1 Å². The van der Waals surface area contributed by atoms with E-state index in [9.17, 15) is 10.5 Å². The minimum atomic E-state index is -0.835. The van der Waals surface area contributed by atoms with Crippen LogP contribution in [-0.4, -0.2) is 7.12 Å². The Hall–Kier alpha value is -6.68. The van der Waals surface area contributed by atoms with Gasteiger partial charge in [0.15, 0.2) is 11.4 Å². The van der Waals surface area contributed by atoms with E-state index in [-0.39, 0.29) is 22.5 Å². The maximum Gasteiger partial charge on any atom is 0.632 e. The molecule has 0 aliphatic carbocycles. The van der Waals surface area contributed by atoms with Gasteiger partial charge in [-0.3, -0.25) is 4.85 Å². The fourth-order valence-electron chi connectivity index (χ4n) is 4.04. The molecule has 0 saturated carbocycles. The molecule has 0 fully saturated rings. The molecule has 8 nitrogen and oxygen atoms in total. The topological polar surface area (TPSA) is 93.2 Å². The lowest BCUT2D eigenvalue weighted by Gasteiger charge is -2.18. The quantitative estimate of drug-likeness (QED) is 0.135. The second-order valence-electron chi connectivity index (χ2n) is 8.94. The molecule has 0 N–H and O–H groups in total. The molecule has 202 valence electrons. The van der Waals surface area contributed by atoms with Crippen molar-refractivity contribution in [2.45, 2.75) is 0 Å². The van der Waals surface area contributed by atoms with Gasteiger partial charge in [0, 0.05) is 17.6 Å². The highest BCUT2D eigenvalue weighted by molar-refractivity contribution is 6.62. The van der Waals surface area contributed by atoms with Crippen molar-refractivity contribution in [2.75, 3.05) is 0 Å². The monoisotopic (exact) mass is 558 g/mol. The predicted molar refractivity (Wildman–Crippen MR) is 161 cm³/mol.